The first-order valence-corrected chi connectivity index (χ1v) is 8.59. The van der Waals surface area contributed by atoms with Crippen molar-refractivity contribution < 1.29 is 4.57 Å². The molecule has 0 spiro atoms. The zero-order chi connectivity index (χ0) is 15.8. The number of rotatable bonds is 3. The van der Waals surface area contributed by atoms with Gasteiger partial charge in [-0.1, -0.05) is 59.6 Å². The summed E-state index contributed by atoms with van der Waals surface area (Å²) in [6.45, 7) is 1.86. The smallest absolute Gasteiger partial charge is 0.229 e. The number of halogens is 3. The van der Waals surface area contributed by atoms with Gasteiger partial charge in [0.15, 0.2) is 5.69 Å². The monoisotopic (exact) mass is 423 g/mol. The average molecular weight is 425 g/mol. The predicted octanol–water partition coefficient (Wildman–Crippen LogP) is 5.32. The second kappa shape index (κ2) is 7.30. The molecular formula is C19H18BrCl2N2+. The van der Waals surface area contributed by atoms with E-state index in [0.717, 1.165) is 30.1 Å². The highest BCUT2D eigenvalue weighted by molar-refractivity contribution is 8.93. The van der Waals surface area contributed by atoms with Gasteiger partial charge in [-0.3, -0.25) is 0 Å². The third-order valence-corrected chi connectivity index (χ3v) is 5.01. The van der Waals surface area contributed by atoms with Crippen molar-refractivity contribution in [3.05, 3.63) is 76.2 Å². The minimum absolute atomic E-state index is 0. The Morgan fingerprint density at radius 3 is 2.58 bits per heavy atom. The summed E-state index contributed by atoms with van der Waals surface area (Å²) in [5.74, 6) is 1.37. The lowest BCUT2D eigenvalue weighted by molar-refractivity contribution is -0.694. The van der Waals surface area contributed by atoms with Gasteiger partial charge in [-0.2, -0.15) is 0 Å². The molecule has 124 valence electrons. The van der Waals surface area contributed by atoms with Gasteiger partial charge in [-0.15, -0.1) is 17.0 Å². The topological polar surface area (TPSA) is 8.81 Å². The standard InChI is InChI=1S/C19H17Cl2N2.BrH/c20-16-9-8-15(17(21)11-16)12-22-13-18(14-5-2-1-3-6-14)23-10-4-7-19(22)23;/h1-3,5-6,8-9,11,13H,4,7,10,12H2;1H/q+1;. The first-order valence-electron chi connectivity index (χ1n) is 7.83. The van der Waals surface area contributed by atoms with Gasteiger partial charge >= 0.3 is 0 Å². The van der Waals surface area contributed by atoms with Crippen LogP contribution in [0.4, 0.5) is 0 Å². The van der Waals surface area contributed by atoms with E-state index < -0.39 is 0 Å². The molecule has 2 heterocycles. The van der Waals surface area contributed by atoms with Crippen LogP contribution in [0.1, 0.15) is 17.8 Å². The van der Waals surface area contributed by atoms with Crippen molar-refractivity contribution in [3.8, 4) is 11.3 Å². The molecule has 0 atom stereocenters. The fourth-order valence-electron chi connectivity index (χ4n) is 3.32. The summed E-state index contributed by atoms with van der Waals surface area (Å²) in [6, 6.07) is 16.3. The minimum atomic E-state index is 0. The van der Waals surface area contributed by atoms with Gasteiger partial charge in [0.2, 0.25) is 0 Å². The molecule has 5 heteroatoms. The van der Waals surface area contributed by atoms with Gasteiger partial charge in [0.25, 0.3) is 5.82 Å². The van der Waals surface area contributed by atoms with Crippen LogP contribution in [0.3, 0.4) is 0 Å². The maximum atomic E-state index is 6.35. The van der Waals surface area contributed by atoms with Gasteiger partial charge in [0.1, 0.15) is 12.7 Å². The third-order valence-electron chi connectivity index (χ3n) is 4.42. The Morgan fingerprint density at radius 1 is 1.04 bits per heavy atom. The van der Waals surface area contributed by atoms with Crippen LogP contribution in [0, 0.1) is 0 Å². The zero-order valence-electron chi connectivity index (χ0n) is 13.1. The molecule has 2 nitrogen and oxygen atoms in total. The summed E-state index contributed by atoms with van der Waals surface area (Å²) in [6.07, 6.45) is 4.55. The van der Waals surface area contributed by atoms with Crippen LogP contribution in [-0.4, -0.2) is 4.57 Å². The number of nitrogens with zero attached hydrogens (tertiary/aromatic N) is 2. The van der Waals surface area contributed by atoms with Crippen LogP contribution in [-0.2, 0) is 19.5 Å². The second-order valence-corrected chi connectivity index (χ2v) is 6.76. The quantitative estimate of drug-likeness (QED) is 0.503. The van der Waals surface area contributed by atoms with E-state index in [9.17, 15) is 0 Å². The minimum Gasteiger partial charge on any atom is -0.229 e. The summed E-state index contributed by atoms with van der Waals surface area (Å²) < 4.78 is 4.75. The van der Waals surface area contributed by atoms with E-state index in [1.54, 1.807) is 0 Å². The first-order chi connectivity index (χ1) is 11.2. The highest BCUT2D eigenvalue weighted by Gasteiger charge is 2.28. The molecule has 0 bridgehead atoms. The molecule has 1 aliphatic heterocycles. The zero-order valence-corrected chi connectivity index (χ0v) is 16.3. The number of hydrogen-bond acceptors (Lipinski definition) is 0. The molecule has 0 saturated carbocycles. The molecule has 3 aromatic rings. The molecule has 24 heavy (non-hydrogen) atoms. The average Bonchev–Trinajstić information content (AvgIpc) is 3.14. The predicted molar refractivity (Wildman–Crippen MR) is 104 cm³/mol. The molecule has 4 rings (SSSR count). The van der Waals surface area contributed by atoms with Gasteiger partial charge in [-0.25, -0.2) is 9.13 Å². The van der Waals surface area contributed by atoms with Crippen LogP contribution in [0.5, 0.6) is 0 Å². The summed E-state index contributed by atoms with van der Waals surface area (Å²) >= 11 is 12.4. The van der Waals surface area contributed by atoms with E-state index in [2.05, 4.69) is 45.7 Å². The SMILES string of the molecule is Br.Clc1ccc(C[n+]2cc(-c3ccccc3)n3c2CCC3)c(Cl)c1. The van der Waals surface area contributed by atoms with E-state index in [1.165, 1.54) is 23.5 Å². The fraction of sp³-hybridized carbons (Fsp3) is 0.211. The largest absolute Gasteiger partial charge is 0.257 e. The molecule has 0 fully saturated rings. The van der Waals surface area contributed by atoms with Crippen molar-refractivity contribution in [1.82, 2.24) is 4.57 Å². The Labute approximate surface area is 162 Å². The fourth-order valence-corrected chi connectivity index (χ4v) is 3.79. The molecule has 0 unspecified atom stereocenters. The molecule has 0 aliphatic carbocycles. The van der Waals surface area contributed by atoms with Crippen LogP contribution >= 0.6 is 40.2 Å². The van der Waals surface area contributed by atoms with Crippen LogP contribution in [0.15, 0.2) is 54.7 Å². The number of fused-ring (bicyclic) bond motifs is 1. The Morgan fingerprint density at radius 2 is 1.83 bits per heavy atom. The Kier molecular flexibility index (Phi) is 5.33. The van der Waals surface area contributed by atoms with Crippen molar-refractivity contribution in [1.29, 1.82) is 0 Å². The van der Waals surface area contributed by atoms with E-state index in [1.807, 2.05) is 18.2 Å². The van der Waals surface area contributed by atoms with E-state index in [0.29, 0.717) is 5.02 Å². The van der Waals surface area contributed by atoms with Crippen molar-refractivity contribution >= 4 is 40.2 Å². The van der Waals surface area contributed by atoms with Crippen molar-refractivity contribution in [2.24, 2.45) is 0 Å². The van der Waals surface area contributed by atoms with Gasteiger partial charge < -0.3 is 0 Å². The summed E-state index contributed by atoms with van der Waals surface area (Å²) in [5.41, 5.74) is 3.64. The first kappa shape index (κ1) is 17.5. The highest BCUT2D eigenvalue weighted by Crippen LogP contribution is 2.26. The molecule has 0 radical (unpaired) electrons. The van der Waals surface area contributed by atoms with Crippen LogP contribution < -0.4 is 4.57 Å². The van der Waals surface area contributed by atoms with Crippen molar-refractivity contribution in [2.75, 3.05) is 0 Å². The molecule has 0 N–H and O–H groups in total. The maximum absolute atomic E-state index is 6.35. The van der Waals surface area contributed by atoms with Gasteiger partial charge in [-0.05, 0) is 18.6 Å². The molecular weight excluding hydrogens is 407 g/mol. The maximum Gasteiger partial charge on any atom is 0.257 e. The number of aromatic nitrogens is 2. The van der Waals surface area contributed by atoms with Crippen molar-refractivity contribution in [3.63, 3.8) is 0 Å². The van der Waals surface area contributed by atoms with E-state index in [-0.39, 0.29) is 17.0 Å². The normalized spacial score (nSPS) is 12.8. The molecule has 2 aromatic carbocycles. The number of imidazole rings is 1. The molecule has 1 aliphatic rings. The molecule has 0 saturated heterocycles. The van der Waals surface area contributed by atoms with Crippen molar-refractivity contribution in [2.45, 2.75) is 25.9 Å². The lowest BCUT2D eigenvalue weighted by Gasteiger charge is -2.03. The van der Waals surface area contributed by atoms with Crippen LogP contribution in [0.25, 0.3) is 11.3 Å². The summed E-state index contributed by atoms with van der Waals surface area (Å²) in [7, 11) is 0. The van der Waals surface area contributed by atoms with Crippen LogP contribution in [0.2, 0.25) is 10.0 Å². The second-order valence-electron chi connectivity index (χ2n) is 5.92. The van der Waals surface area contributed by atoms with Gasteiger partial charge in [0.05, 0.1) is 13.0 Å². The Balaban J connectivity index is 0.00000169. The molecule has 0 amide bonds. The number of hydrogen-bond donors (Lipinski definition) is 0. The van der Waals surface area contributed by atoms with Gasteiger partial charge in [0, 0.05) is 21.2 Å². The van der Waals surface area contributed by atoms with E-state index >= 15 is 0 Å². The third kappa shape index (κ3) is 3.26. The number of benzene rings is 2. The lowest BCUT2D eigenvalue weighted by atomic mass is 10.1. The lowest BCUT2D eigenvalue weighted by Crippen LogP contribution is -2.36. The Bertz CT molecular complexity index is 859. The summed E-state index contributed by atoms with van der Waals surface area (Å²) in [4.78, 5) is 0. The highest BCUT2D eigenvalue weighted by atomic mass is 79.9. The van der Waals surface area contributed by atoms with E-state index in [4.69, 9.17) is 23.2 Å². The Hall–Kier alpha value is -1.29. The summed E-state index contributed by atoms with van der Waals surface area (Å²) in [5, 5.41) is 1.40. The molecule has 1 aromatic heterocycles.